The number of nitrogens with one attached hydrogen (secondary N) is 1. The molecule has 33 heavy (non-hydrogen) atoms. The van der Waals surface area contributed by atoms with E-state index in [0.717, 1.165) is 18.4 Å². The lowest BCUT2D eigenvalue weighted by atomic mass is 10.1. The first kappa shape index (κ1) is 24.3. The number of aromatic nitrogens is 1. The quantitative estimate of drug-likeness (QED) is 0.519. The molecule has 3 aromatic rings. The Morgan fingerprint density at radius 1 is 1.06 bits per heavy atom. The van der Waals surface area contributed by atoms with E-state index in [1.807, 2.05) is 4.72 Å². The minimum atomic E-state index is -4.63. The minimum Gasteiger partial charge on any atom is -0.475 e. The van der Waals surface area contributed by atoms with Crippen LogP contribution in [0.15, 0.2) is 57.0 Å². The standard InChI is InChI=1S/C19H15F3N2O7S2/c1-10-9-12(19(20,21)22)5-8-14(10)24-33(29,30)18-23-15(16(31-18)17(25)26)11-3-6-13(7-4-11)32(2,27)28/h3-9,24H,1-2H3,(H,25,26). The van der Waals surface area contributed by atoms with Gasteiger partial charge >= 0.3 is 27.4 Å². The Bertz CT molecular complexity index is 1440. The summed E-state index contributed by atoms with van der Waals surface area (Å²) in [6.07, 6.45) is -3.65. The van der Waals surface area contributed by atoms with E-state index < -0.39 is 48.6 Å². The first-order valence-electron chi connectivity index (χ1n) is 8.85. The Morgan fingerprint density at radius 2 is 1.67 bits per heavy atom. The number of benzene rings is 2. The molecule has 0 radical (unpaired) electrons. The lowest BCUT2D eigenvalue weighted by Gasteiger charge is -2.12. The number of aryl methyl sites for hydroxylation is 1. The van der Waals surface area contributed by atoms with Crippen LogP contribution in [0.25, 0.3) is 11.3 Å². The fourth-order valence-corrected chi connectivity index (χ4v) is 4.40. The SMILES string of the molecule is Cc1cc(C(F)(F)F)ccc1NS(=O)(=O)c1nc(-c2ccc(S(C)(=O)=O)cc2)c(C(=O)O)o1. The molecule has 0 bridgehead atoms. The summed E-state index contributed by atoms with van der Waals surface area (Å²) in [5.41, 5.74) is -1.54. The van der Waals surface area contributed by atoms with Crippen molar-refractivity contribution in [1.82, 2.24) is 4.98 Å². The van der Waals surface area contributed by atoms with E-state index >= 15 is 0 Å². The van der Waals surface area contributed by atoms with Gasteiger partial charge in [-0.2, -0.15) is 26.6 Å². The van der Waals surface area contributed by atoms with E-state index in [4.69, 9.17) is 4.42 Å². The highest BCUT2D eigenvalue weighted by Crippen LogP contribution is 2.33. The second-order valence-corrected chi connectivity index (χ2v) is 10.5. The largest absolute Gasteiger partial charge is 0.475 e. The van der Waals surface area contributed by atoms with Gasteiger partial charge in [0.1, 0.15) is 5.69 Å². The molecule has 1 aromatic heterocycles. The van der Waals surface area contributed by atoms with Crippen molar-refractivity contribution in [3.8, 4) is 11.3 Å². The third-order valence-electron chi connectivity index (χ3n) is 4.39. The highest BCUT2D eigenvalue weighted by molar-refractivity contribution is 7.92. The van der Waals surface area contributed by atoms with Crippen LogP contribution in [0.5, 0.6) is 0 Å². The number of aromatic carboxylic acids is 1. The van der Waals surface area contributed by atoms with E-state index in [0.29, 0.717) is 6.07 Å². The van der Waals surface area contributed by atoms with Crippen molar-refractivity contribution in [1.29, 1.82) is 0 Å². The third-order valence-corrected chi connectivity index (χ3v) is 6.64. The van der Waals surface area contributed by atoms with E-state index in [-0.39, 0.29) is 27.4 Å². The average Bonchev–Trinajstić information content (AvgIpc) is 3.15. The lowest BCUT2D eigenvalue weighted by Crippen LogP contribution is -2.15. The molecule has 0 unspecified atom stereocenters. The van der Waals surface area contributed by atoms with Crippen LogP contribution in [0.3, 0.4) is 0 Å². The van der Waals surface area contributed by atoms with Gasteiger partial charge in [-0.1, -0.05) is 12.1 Å². The smallest absolute Gasteiger partial charge is 0.416 e. The molecule has 2 N–H and O–H groups in total. The minimum absolute atomic E-state index is 0.0463. The number of sulfone groups is 1. The number of nitrogens with zero attached hydrogens (tertiary/aromatic N) is 1. The van der Waals surface area contributed by atoms with Crippen molar-refractivity contribution in [2.75, 3.05) is 11.0 Å². The summed E-state index contributed by atoms with van der Waals surface area (Å²) >= 11 is 0. The average molecular weight is 504 g/mol. The van der Waals surface area contributed by atoms with Gasteiger partial charge in [0.15, 0.2) is 9.84 Å². The first-order chi connectivity index (χ1) is 15.1. The monoisotopic (exact) mass is 504 g/mol. The maximum absolute atomic E-state index is 12.8. The maximum Gasteiger partial charge on any atom is 0.416 e. The van der Waals surface area contributed by atoms with Crippen molar-refractivity contribution >= 4 is 31.5 Å². The number of alkyl halides is 3. The molecule has 0 spiro atoms. The van der Waals surface area contributed by atoms with Gasteiger partial charge in [0.05, 0.1) is 16.1 Å². The second kappa shape index (κ2) is 8.19. The number of hydrogen-bond acceptors (Lipinski definition) is 7. The third kappa shape index (κ3) is 5.17. The zero-order chi connectivity index (χ0) is 24.8. The summed E-state index contributed by atoms with van der Waals surface area (Å²) in [7, 11) is -8.16. The van der Waals surface area contributed by atoms with Gasteiger partial charge in [0.2, 0.25) is 5.76 Å². The molecule has 0 aliphatic carbocycles. The maximum atomic E-state index is 12.8. The molecule has 9 nitrogen and oxygen atoms in total. The molecule has 3 rings (SSSR count). The number of rotatable bonds is 6. The van der Waals surface area contributed by atoms with Crippen LogP contribution in [0.4, 0.5) is 18.9 Å². The second-order valence-electron chi connectivity index (χ2n) is 6.89. The molecular weight excluding hydrogens is 489 g/mol. The normalized spacial score (nSPS) is 12.5. The summed E-state index contributed by atoms with van der Waals surface area (Å²) in [6.45, 7) is 1.25. The number of sulfonamides is 1. The summed E-state index contributed by atoms with van der Waals surface area (Å²) in [4.78, 5) is 15.2. The highest BCUT2D eigenvalue weighted by Gasteiger charge is 2.32. The van der Waals surface area contributed by atoms with E-state index in [1.54, 1.807) is 0 Å². The molecule has 176 valence electrons. The summed E-state index contributed by atoms with van der Waals surface area (Å²) in [6, 6.07) is 7.14. The van der Waals surface area contributed by atoms with Gasteiger partial charge in [-0.15, -0.1) is 0 Å². The van der Waals surface area contributed by atoms with Gasteiger partial charge in [0, 0.05) is 11.8 Å². The Balaban J connectivity index is 2.01. The summed E-state index contributed by atoms with van der Waals surface area (Å²) < 4.78 is 94.0. The van der Waals surface area contributed by atoms with E-state index in [2.05, 4.69) is 4.98 Å². The summed E-state index contributed by atoms with van der Waals surface area (Å²) in [5, 5.41) is 8.34. The molecule has 0 amide bonds. The molecule has 0 saturated carbocycles. The van der Waals surface area contributed by atoms with Crippen LogP contribution in [0.2, 0.25) is 0 Å². The molecular formula is C19H15F3N2O7S2. The van der Waals surface area contributed by atoms with E-state index in [9.17, 15) is 39.9 Å². The van der Waals surface area contributed by atoms with Crippen LogP contribution >= 0.6 is 0 Å². The summed E-state index contributed by atoms with van der Waals surface area (Å²) in [5.74, 6) is -2.47. The first-order valence-corrected chi connectivity index (χ1v) is 12.2. The van der Waals surface area contributed by atoms with Gasteiger partial charge in [-0.3, -0.25) is 4.72 Å². The molecule has 14 heteroatoms. The van der Waals surface area contributed by atoms with Gasteiger partial charge < -0.3 is 9.52 Å². The zero-order valence-electron chi connectivity index (χ0n) is 16.8. The Kier molecular flexibility index (Phi) is 6.02. The van der Waals surface area contributed by atoms with Crippen molar-refractivity contribution in [2.24, 2.45) is 0 Å². The highest BCUT2D eigenvalue weighted by atomic mass is 32.2. The van der Waals surface area contributed by atoms with Crippen LogP contribution in [0.1, 0.15) is 21.7 Å². The molecule has 0 aliphatic heterocycles. The van der Waals surface area contributed by atoms with Crippen molar-refractivity contribution in [2.45, 2.75) is 23.2 Å². The van der Waals surface area contributed by atoms with Crippen molar-refractivity contribution in [3.05, 3.63) is 59.4 Å². The number of oxazole rings is 1. The Hall–Kier alpha value is -3.39. The fraction of sp³-hybridized carbons (Fsp3) is 0.158. The molecule has 2 aromatic carbocycles. The number of carbonyl (C=O) groups is 1. The van der Waals surface area contributed by atoms with Crippen LogP contribution < -0.4 is 4.72 Å². The molecule has 0 fully saturated rings. The van der Waals surface area contributed by atoms with Crippen LogP contribution in [-0.4, -0.2) is 39.2 Å². The Labute approximate surface area is 185 Å². The predicted octanol–water partition coefficient (Wildman–Crippen LogP) is 3.57. The van der Waals surface area contributed by atoms with E-state index in [1.165, 1.54) is 31.2 Å². The van der Waals surface area contributed by atoms with Crippen molar-refractivity contribution in [3.63, 3.8) is 0 Å². The number of anilines is 1. The topological polar surface area (TPSA) is 144 Å². The van der Waals surface area contributed by atoms with Gasteiger partial charge in [-0.25, -0.2) is 13.2 Å². The number of carboxylic acid groups (broad SMARTS) is 1. The molecule has 0 atom stereocenters. The molecule has 0 saturated heterocycles. The lowest BCUT2D eigenvalue weighted by molar-refractivity contribution is -0.137. The van der Waals surface area contributed by atoms with Crippen LogP contribution in [0, 0.1) is 6.92 Å². The van der Waals surface area contributed by atoms with Crippen LogP contribution in [-0.2, 0) is 26.0 Å². The molecule has 1 heterocycles. The zero-order valence-corrected chi connectivity index (χ0v) is 18.5. The number of hydrogen-bond donors (Lipinski definition) is 2. The Morgan fingerprint density at radius 3 is 2.15 bits per heavy atom. The number of halogens is 3. The van der Waals surface area contributed by atoms with Crippen molar-refractivity contribution < 1.29 is 44.3 Å². The van der Waals surface area contributed by atoms with Gasteiger partial charge in [-0.05, 0) is 42.8 Å². The van der Waals surface area contributed by atoms with Gasteiger partial charge in [0.25, 0.3) is 0 Å². The molecule has 0 aliphatic rings. The number of carboxylic acids is 1. The predicted molar refractivity (Wildman–Crippen MR) is 109 cm³/mol. The fourth-order valence-electron chi connectivity index (χ4n) is 2.76.